The SMILES string of the molecule is CN1C(=O)C2C(C1=O)C2(C)C(=O)O. The molecule has 1 saturated carbocycles. The van der Waals surface area contributed by atoms with E-state index in [1.165, 1.54) is 14.0 Å². The number of rotatable bonds is 1. The van der Waals surface area contributed by atoms with Gasteiger partial charge in [0.05, 0.1) is 17.3 Å². The van der Waals surface area contributed by atoms with Crippen LogP contribution in [0.4, 0.5) is 0 Å². The highest BCUT2D eigenvalue weighted by molar-refractivity contribution is 6.14. The first kappa shape index (κ1) is 8.22. The molecule has 2 rings (SSSR count). The van der Waals surface area contributed by atoms with Crippen molar-refractivity contribution in [3.8, 4) is 0 Å². The van der Waals surface area contributed by atoms with Gasteiger partial charge < -0.3 is 5.11 Å². The van der Waals surface area contributed by atoms with Crippen LogP contribution in [-0.4, -0.2) is 34.8 Å². The van der Waals surface area contributed by atoms with Gasteiger partial charge in [0.1, 0.15) is 0 Å². The van der Waals surface area contributed by atoms with Gasteiger partial charge in [0, 0.05) is 7.05 Å². The van der Waals surface area contributed by atoms with E-state index in [-0.39, 0.29) is 11.8 Å². The number of aliphatic carboxylic acids is 1. The van der Waals surface area contributed by atoms with Crippen LogP contribution in [0.1, 0.15) is 6.92 Å². The standard InChI is InChI=1S/C8H9NO4/c1-8(7(12)13)3-4(8)6(11)9(2)5(3)10/h3-4H,1-2H3,(H,12,13). The lowest BCUT2D eigenvalue weighted by molar-refractivity contribution is -0.152. The summed E-state index contributed by atoms with van der Waals surface area (Å²) in [4.78, 5) is 34.4. The molecule has 0 aromatic rings. The molecule has 2 atom stereocenters. The number of likely N-dealkylation sites (tertiary alicyclic amines) is 1. The Kier molecular flexibility index (Phi) is 1.21. The third-order valence-electron chi connectivity index (χ3n) is 3.17. The minimum Gasteiger partial charge on any atom is -0.481 e. The minimum atomic E-state index is -1.14. The van der Waals surface area contributed by atoms with Gasteiger partial charge in [-0.2, -0.15) is 0 Å². The first-order valence-electron chi connectivity index (χ1n) is 3.97. The maximum absolute atomic E-state index is 11.3. The summed E-state index contributed by atoms with van der Waals surface area (Å²) in [6.45, 7) is 1.45. The molecule has 2 unspecified atom stereocenters. The van der Waals surface area contributed by atoms with Crippen molar-refractivity contribution in [3.63, 3.8) is 0 Å². The van der Waals surface area contributed by atoms with Gasteiger partial charge >= 0.3 is 5.97 Å². The van der Waals surface area contributed by atoms with E-state index in [9.17, 15) is 14.4 Å². The number of fused-ring (bicyclic) bond motifs is 1. The number of amides is 2. The summed E-state index contributed by atoms with van der Waals surface area (Å²) in [6.07, 6.45) is 0. The van der Waals surface area contributed by atoms with E-state index in [1.807, 2.05) is 0 Å². The van der Waals surface area contributed by atoms with E-state index in [1.54, 1.807) is 0 Å². The fourth-order valence-corrected chi connectivity index (χ4v) is 2.10. The van der Waals surface area contributed by atoms with Gasteiger partial charge in [0.2, 0.25) is 11.8 Å². The maximum atomic E-state index is 11.3. The van der Waals surface area contributed by atoms with Gasteiger partial charge in [0.25, 0.3) is 0 Å². The highest BCUT2D eigenvalue weighted by Crippen LogP contribution is 2.63. The topological polar surface area (TPSA) is 74.7 Å². The molecule has 70 valence electrons. The normalized spacial score (nSPS) is 42.2. The molecule has 1 N–H and O–H groups in total. The molecule has 0 aromatic carbocycles. The lowest BCUT2D eigenvalue weighted by Gasteiger charge is -2.15. The zero-order valence-corrected chi connectivity index (χ0v) is 7.27. The van der Waals surface area contributed by atoms with Crippen molar-refractivity contribution < 1.29 is 19.5 Å². The Morgan fingerprint density at radius 2 is 1.77 bits per heavy atom. The third-order valence-corrected chi connectivity index (χ3v) is 3.17. The minimum absolute atomic E-state index is 0.361. The van der Waals surface area contributed by atoms with Crippen LogP contribution in [0.15, 0.2) is 0 Å². The van der Waals surface area contributed by atoms with Crippen LogP contribution in [0, 0.1) is 17.3 Å². The van der Waals surface area contributed by atoms with Gasteiger partial charge in [-0.1, -0.05) is 0 Å². The van der Waals surface area contributed by atoms with Crippen LogP contribution < -0.4 is 0 Å². The van der Waals surface area contributed by atoms with Crippen molar-refractivity contribution in [1.29, 1.82) is 0 Å². The molecule has 1 heterocycles. The second-order valence-electron chi connectivity index (χ2n) is 3.78. The number of carboxylic acid groups (broad SMARTS) is 1. The summed E-state index contributed by atoms with van der Waals surface area (Å²) < 4.78 is 0. The second kappa shape index (κ2) is 1.92. The molecule has 5 heteroatoms. The number of hydrogen-bond acceptors (Lipinski definition) is 3. The summed E-state index contributed by atoms with van der Waals surface area (Å²) in [7, 11) is 1.39. The number of piperidine rings is 1. The van der Waals surface area contributed by atoms with Gasteiger partial charge in [-0.15, -0.1) is 0 Å². The number of carboxylic acids is 1. The summed E-state index contributed by atoms with van der Waals surface area (Å²) in [5, 5.41) is 8.82. The number of carbonyl (C=O) groups is 3. The van der Waals surface area contributed by atoms with E-state index < -0.39 is 23.2 Å². The van der Waals surface area contributed by atoms with E-state index in [2.05, 4.69) is 0 Å². The fraction of sp³-hybridized carbons (Fsp3) is 0.625. The summed E-state index contributed by atoms with van der Waals surface area (Å²) >= 11 is 0. The molecule has 0 radical (unpaired) electrons. The van der Waals surface area contributed by atoms with Crippen molar-refractivity contribution >= 4 is 17.8 Å². The van der Waals surface area contributed by atoms with Crippen LogP contribution in [0.5, 0.6) is 0 Å². The highest BCUT2D eigenvalue weighted by atomic mass is 16.4. The predicted octanol–water partition coefficient (Wildman–Crippen LogP) is -0.678. The summed E-state index contributed by atoms with van der Waals surface area (Å²) in [5.41, 5.74) is -1.14. The average Bonchev–Trinajstić information content (AvgIpc) is 2.62. The predicted molar refractivity (Wildman–Crippen MR) is 40.5 cm³/mol. The van der Waals surface area contributed by atoms with Crippen LogP contribution in [0.25, 0.3) is 0 Å². The van der Waals surface area contributed by atoms with E-state index in [0.29, 0.717) is 0 Å². The Morgan fingerprint density at radius 3 is 2.08 bits per heavy atom. The van der Waals surface area contributed by atoms with Crippen molar-refractivity contribution in [2.45, 2.75) is 6.92 Å². The molecular formula is C8H9NO4. The Labute approximate surface area is 74.3 Å². The molecule has 2 amide bonds. The van der Waals surface area contributed by atoms with E-state index in [4.69, 9.17) is 5.11 Å². The first-order chi connectivity index (χ1) is 5.92. The monoisotopic (exact) mass is 183 g/mol. The summed E-state index contributed by atoms with van der Waals surface area (Å²) in [5.74, 6) is -3.03. The average molecular weight is 183 g/mol. The van der Waals surface area contributed by atoms with Gasteiger partial charge in [-0.05, 0) is 6.92 Å². The molecule has 0 spiro atoms. The number of carbonyl (C=O) groups excluding carboxylic acids is 2. The molecule has 0 bridgehead atoms. The maximum Gasteiger partial charge on any atom is 0.311 e. The van der Waals surface area contributed by atoms with Gasteiger partial charge in [-0.3, -0.25) is 19.3 Å². The third kappa shape index (κ3) is 0.657. The van der Waals surface area contributed by atoms with Crippen molar-refractivity contribution in [2.75, 3.05) is 7.05 Å². The molecule has 13 heavy (non-hydrogen) atoms. The van der Waals surface area contributed by atoms with E-state index >= 15 is 0 Å². The zero-order chi connectivity index (χ0) is 9.96. The van der Waals surface area contributed by atoms with Crippen LogP contribution in [0.3, 0.4) is 0 Å². The molecule has 2 aliphatic rings. The Morgan fingerprint density at radius 1 is 1.38 bits per heavy atom. The Hall–Kier alpha value is -1.39. The highest BCUT2D eigenvalue weighted by Gasteiger charge is 2.78. The smallest absolute Gasteiger partial charge is 0.311 e. The Bertz CT molecular complexity index is 313. The fourth-order valence-electron chi connectivity index (χ4n) is 2.10. The second-order valence-corrected chi connectivity index (χ2v) is 3.78. The first-order valence-corrected chi connectivity index (χ1v) is 3.97. The lowest BCUT2D eigenvalue weighted by Crippen LogP contribution is -2.36. The van der Waals surface area contributed by atoms with Crippen molar-refractivity contribution in [3.05, 3.63) is 0 Å². The molecule has 5 nitrogen and oxygen atoms in total. The molecule has 0 aromatic heterocycles. The number of hydrogen-bond donors (Lipinski definition) is 1. The molecule has 1 saturated heterocycles. The van der Waals surface area contributed by atoms with Gasteiger partial charge in [0.15, 0.2) is 0 Å². The van der Waals surface area contributed by atoms with E-state index in [0.717, 1.165) is 4.90 Å². The van der Waals surface area contributed by atoms with Crippen LogP contribution in [0.2, 0.25) is 0 Å². The molecule has 1 aliphatic heterocycles. The van der Waals surface area contributed by atoms with Crippen LogP contribution in [-0.2, 0) is 14.4 Å². The Balaban J connectivity index is 2.36. The van der Waals surface area contributed by atoms with Gasteiger partial charge in [-0.25, -0.2) is 0 Å². The summed E-state index contributed by atoms with van der Waals surface area (Å²) in [6, 6.07) is 0. The largest absolute Gasteiger partial charge is 0.481 e. The quantitative estimate of drug-likeness (QED) is 0.546. The lowest BCUT2D eigenvalue weighted by atomic mass is 10.0. The molecule has 2 fully saturated rings. The zero-order valence-electron chi connectivity index (χ0n) is 7.27. The molecule has 1 aliphatic carbocycles. The number of nitrogens with zero attached hydrogens (tertiary/aromatic N) is 1. The molecular weight excluding hydrogens is 174 g/mol. The van der Waals surface area contributed by atoms with Crippen molar-refractivity contribution in [1.82, 2.24) is 4.90 Å². The van der Waals surface area contributed by atoms with Crippen molar-refractivity contribution in [2.24, 2.45) is 17.3 Å². The van der Waals surface area contributed by atoms with Crippen LogP contribution >= 0.6 is 0 Å². The number of imide groups is 1.